The first-order valence-corrected chi connectivity index (χ1v) is 10.5. The average Bonchev–Trinajstić information content (AvgIpc) is 3.43. The van der Waals surface area contributed by atoms with Crippen LogP contribution in [0.4, 0.5) is 0 Å². The number of hydrogen-bond acceptors (Lipinski definition) is 5. The van der Waals surface area contributed by atoms with Crippen LogP contribution in [0.25, 0.3) is 11.4 Å². The summed E-state index contributed by atoms with van der Waals surface area (Å²) in [7, 11) is 0. The Morgan fingerprint density at radius 3 is 2.90 bits per heavy atom. The number of carbonyl (C=O) groups excluding carboxylic acids is 1. The molecule has 2 aromatic carbocycles. The molecule has 30 heavy (non-hydrogen) atoms. The molecule has 0 saturated carbocycles. The van der Waals surface area contributed by atoms with Crippen LogP contribution < -0.4 is 4.74 Å². The zero-order valence-electron chi connectivity index (χ0n) is 17.3. The van der Waals surface area contributed by atoms with Gasteiger partial charge in [-0.3, -0.25) is 4.79 Å². The average molecular weight is 405 g/mol. The van der Waals surface area contributed by atoms with Crippen molar-refractivity contribution in [2.45, 2.75) is 32.6 Å². The molecule has 1 aliphatic heterocycles. The molecule has 0 N–H and O–H groups in total. The zero-order valence-corrected chi connectivity index (χ0v) is 17.3. The fourth-order valence-corrected chi connectivity index (χ4v) is 3.78. The molecule has 1 aromatic heterocycles. The Morgan fingerprint density at radius 2 is 2.07 bits per heavy atom. The second kappa shape index (κ2) is 9.57. The minimum atomic E-state index is 0.150. The Kier molecular flexibility index (Phi) is 6.42. The topological polar surface area (TPSA) is 68.5 Å². The van der Waals surface area contributed by atoms with Crippen molar-refractivity contribution in [2.24, 2.45) is 5.92 Å². The van der Waals surface area contributed by atoms with E-state index in [0.717, 1.165) is 42.8 Å². The number of aromatic nitrogens is 2. The molecule has 1 atom stereocenters. The SMILES string of the molecule is Cc1cccc(-c2noc(CCC(=O)N3CCC(CCOc4ccccc4)C3)n2)c1. The molecular formula is C24H27N3O3. The number of rotatable bonds is 8. The summed E-state index contributed by atoms with van der Waals surface area (Å²) in [6.45, 7) is 4.32. The van der Waals surface area contributed by atoms with Crippen molar-refractivity contribution in [2.75, 3.05) is 19.7 Å². The summed E-state index contributed by atoms with van der Waals surface area (Å²) < 4.78 is 11.1. The van der Waals surface area contributed by atoms with Gasteiger partial charge < -0.3 is 14.2 Å². The maximum absolute atomic E-state index is 12.6. The summed E-state index contributed by atoms with van der Waals surface area (Å²) in [5, 5.41) is 4.05. The lowest BCUT2D eigenvalue weighted by Crippen LogP contribution is -2.29. The van der Waals surface area contributed by atoms with Gasteiger partial charge >= 0.3 is 0 Å². The molecule has 1 saturated heterocycles. The first kappa shape index (κ1) is 20.1. The van der Waals surface area contributed by atoms with Crippen molar-refractivity contribution in [3.63, 3.8) is 0 Å². The molecule has 6 nitrogen and oxygen atoms in total. The molecule has 0 spiro atoms. The van der Waals surface area contributed by atoms with Crippen LogP contribution in [-0.4, -0.2) is 40.6 Å². The molecule has 0 bridgehead atoms. The molecule has 0 radical (unpaired) electrons. The third kappa shape index (κ3) is 5.26. The van der Waals surface area contributed by atoms with E-state index in [1.807, 2.05) is 66.4 Å². The number of benzene rings is 2. The van der Waals surface area contributed by atoms with E-state index in [9.17, 15) is 4.79 Å². The van der Waals surface area contributed by atoms with Gasteiger partial charge in [-0.05, 0) is 43.9 Å². The van der Waals surface area contributed by atoms with E-state index < -0.39 is 0 Å². The largest absolute Gasteiger partial charge is 0.494 e. The summed E-state index contributed by atoms with van der Waals surface area (Å²) in [5.41, 5.74) is 2.07. The predicted molar refractivity (Wildman–Crippen MR) is 114 cm³/mol. The molecule has 1 aliphatic rings. The Bertz CT molecular complexity index is 971. The van der Waals surface area contributed by atoms with Crippen molar-refractivity contribution in [3.8, 4) is 17.1 Å². The highest BCUT2D eigenvalue weighted by Crippen LogP contribution is 2.22. The van der Waals surface area contributed by atoms with Gasteiger partial charge in [0, 0.05) is 31.5 Å². The van der Waals surface area contributed by atoms with Crippen LogP contribution in [0, 0.1) is 12.8 Å². The maximum Gasteiger partial charge on any atom is 0.227 e. The van der Waals surface area contributed by atoms with Gasteiger partial charge in [0.15, 0.2) is 0 Å². The summed E-state index contributed by atoms with van der Waals surface area (Å²) >= 11 is 0. The standard InChI is InChI=1S/C24H27N3O3/c1-18-6-5-7-20(16-18)24-25-22(30-26-24)10-11-23(28)27-14-12-19(17-27)13-15-29-21-8-3-2-4-9-21/h2-9,16,19H,10-15,17H2,1H3. The monoisotopic (exact) mass is 405 g/mol. The van der Waals surface area contributed by atoms with E-state index >= 15 is 0 Å². The number of para-hydroxylation sites is 1. The molecule has 156 valence electrons. The number of carbonyl (C=O) groups is 1. The summed E-state index contributed by atoms with van der Waals surface area (Å²) in [6, 6.07) is 17.8. The minimum absolute atomic E-state index is 0.150. The number of hydrogen-bond donors (Lipinski definition) is 0. The number of ether oxygens (including phenoxy) is 1. The summed E-state index contributed by atoms with van der Waals surface area (Å²) in [4.78, 5) is 19.0. The van der Waals surface area contributed by atoms with Crippen molar-refractivity contribution in [3.05, 3.63) is 66.1 Å². The molecule has 4 rings (SSSR count). The van der Waals surface area contributed by atoms with Gasteiger partial charge in [-0.1, -0.05) is 47.1 Å². The zero-order chi connectivity index (χ0) is 20.8. The van der Waals surface area contributed by atoms with Crippen LogP contribution in [0.5, 0.6) is 5.75 Å². The lowest BCUT2D eigenvalue weighted by molar-refractivity contribution is -0.130. The first-order valence-electron chi connectivity index (χ1n) is 10.5. The maximum atomic E-state index is 12.6. The molecule has 1 unspecified atom stereocenters. The number of nitrogens with zero attached hydrogens (tertiary/aromatic N) is 3. The van der Waals surface area contributed by atoms with Crippen molar-refractivity contribution < 1.29 is 14.1 Å². The lowest BCUT2D eigenvalue weighted by Gasteiger charge is -2.16. The number of likely N-dealkylation sites (tertiary alicyclic amines) is 1. The van der Waals surface area contributed by atoms with E-state index in [2.05, 4.69) is 10.1 Å². The smallest absolute Gasteiger partial charge is 0.227 e. The quantitative estimate of drug-likeness (QED) is 0.559. The highest BCUT2D eigenvalue weighted by atomic mass is 16.5. The van der Waals surface area contributed by atoms with Gasteiger partial charge in [0.2, 0.25) is 17.6 Å². The van der Waals surface area contributed by atoms with Crippen molar-refractivity contribution in [1.82, 2.24) is 15.0 Å². The van der Waals surface area contributed by atoms with Gasteiger partial charge in [0.25, 0.3) is 0 Å². The van der Waals surface area contributed by atoms with Crippen molar-refractivity contribution in [1.29, 1.82) is 0 Å². The van der Waals surface area contributed by atoms with E-state index in [4.69, 9.17) is 9.26 Å². The van der Waals surface area contributed by atoms with Crippen LogP contribution in [0.15, 0.2) is 59.1 Å². The fourth-order valence-electron chi connectivity index (χ4n) is 3.78. The molecule has 3 aromatic rings. The van der Waals surface area contributed by atoms with Crippen LogP contribution in [0.3, 0.4) is 0 Å². The summed E-state index contributed by atoms with van der Waals surface area (Å²) in [6.07, 6.45) is 2.85. The highest BCUT2D eigenvalue weighted by molar-refractivity contribution is 5.76. The third-order valence-corrected chi connectivity index (χ3v) is 5.47. The Labute approximate surface area is 176 Å². The number of aryl methyl sites for hydroxylation is 2. The minimum Gasteiger partial charge on any atom is -0.494 e. The van der Waals surface area contributed by atoms with E-state index in [0.29, 0.717) is 37.1 Å². The van der Waals surface area contributed by atoms with Crippen molar-refractivity contribution >= 4 is 5.91 Å². The Morgan fingerprint density at radius 1 is 1.20 bits per heavy atom. The molecule has 2 heterocycles. The molecule has 1 amide bonds. The fraction of sp³-hybridized carbons (Fsp3) is 0.375. The third-order valence-electron chi connectivity index (χ3n) is 5.47. The highest BCUT2D eigenvalue weighted by Gasteiger charge is 2.26. The Hall–Kier alpha value is -3.15. The molecular weight excluding hydrogens is 378 g/mol. The second-order valence-corrected chi connectivity index (χ2v) is 7.83. The summed E-state index contributed by atoms with van der Waals surface area (Å²) in [5.74, 6) is 2.62. The van der Waals surface area contributed by atoms with Crippen LogP contribution >= 0.6 is 0 Å². The predicted octanol–water partition coefficient (Wildman–Crippen LogP) is 4.30. The van der Waals surface area contributed by atoms with Gasteiger partial charge in [-0.2, -0.15) is 4.98 Å². The van der Waals surface area contributed by atoms with E-state index in [1.165, 1.54) is 0 Å². The van der Waals surface area contributed by atoms with Gasteiger partial charge in [0.05, 0.1) is 6.61 Å². The van der Waals surface area contributed by atoms with Gasteiger partial charge in [-0.15, -0.1) is 0 Å². The number of amides is 1. The molecule has 6 heteroatoms. The van der Waals surface area contributed by atoms with E-state index in [-0.39, 0.29) is 5.91 Å². The molecule has 0 aliphatic carbocycles. The van der Waals surface area contributed by atoms with E-state index in [1.54, 1.807) is 0 Å². The first-order chi connectivity index (χ1) is 14.7. The van der Waals surface area contributed by atoms with Gasteiger partial charge in [0.1, 0.15) is 5.75 Å². The Balaban J connectivity index is 1.20. The van der Waals surface area contributed by atoms with Crippen LogP contribution in [0.2, 0.25) is 0 Å². The van der Waals surface area contributed by atoms with Crippen LogP contribution in [0.1, 0.15) is 30.7 Å². The van der Waals surface area contributed by atoms with Crippen LogP contribution in [-0.2, 0) is 11.2 Å². The molecule has 1 fully saturated rings. The lowest BCUT2D eigenvalue weighted by atomic mass is 10.1. The van der Waals surface area contributed by atoms with Gasteiger partial charge in [-0.25, -0.2) is 0 Å². The second-order valence-electron chi connectivity index (χ2n) is 7.83. The normalized spacial score (nSPS) is 16.0.